The zero-order chi connectivity index (χ0) is 22.9. The van der Waals surface area contributed by atoms with Gasteiger partial charge in [-0.3, -0.25) is 9.59 Å². The highest BCUT2D eigenvalue weighted by Gasteiger charge is 2.22. The smallest absolute Gasteiger partial charge is 0.262 e. The average molecular weight is 455 g/mol. The summed E-state index contributed by atoms with van der Waals surface area (Å²) in [6, 6.07) is 13.0. The number of carbonyl (C=O) groups is 2. The summed E-state index contributed by atoms with van der Waals surface area (Å²) >= 11 is 1.40. The van der Waals surface area contributed by atoms with E-state index in [1.807, 2.05) is 42.5 Å². The Morgan fingerprint density at radius 3 is 2.62 bits per heavy atom. The van der Waals surface area contributed by atoms with Gasteiger partial charge in [-0.05, 0) is 48.4 Å². The molecule has 0 spiro atoms. The first kappa shape index (κ1) is 23.9. The molecule has 0 bridgehead atoms. The number of methoxy groups -OCH3 is 1. The number of amides is 2. The fourth-order valence-electron chi connectivity index (χ4n) is 3.45. The predicted octanol–water partition coefficient (Wildman–Crippen LogP) is 3.22. The topological polar surface area (TPSA) is 71.9 Å². The highest BCUT2D eigenvalue weighted by molar-refractivity contribution is 8.04. The Morgan fingerprint density at radius 1 is 1.16 bits per heavy atom. The minimum Gasteiger partial charge on any atom is -0.497 e. The summed E-state index contributed by atoms with van der Waals surface area (Å²) in [5, 5.41) is 5.90. The van der Waals surface area contributed by atoms with Crippen molar-refractivity contribution in [1.29, 1.82) is 0 Å². The number of ether oxygens (including phenoxy) is 1. The predicted molar refractivity (Wildman–Crippen MR) is 130 cm³/mol. The third kappa shape index (κ3) is 6.61. The molecule has 1 unspecified atom stereocenters. The number of unbranched alkanes of at least 4 members (excludes halogenated alkanes) is 1. The standard InChI is InChI=1S/C25H31N3O3S/c1-4-5-14-28(2)15-6-13-26-24(29)19-9-12-22-21(17-19)27-25(30)23(32-22)16-18-7-10-20(31-3)11-8-18/h7-12,16-17H,4-6,13-15H2,1-3H3,(H,26,29)(H,27,30)/p+1. The molecule has 0 saturated heterocycles. The molecule has 2 aromatic carbocycles. The van der Waals surface area contributed by atoms with Gasteiger partial charge in [-0.2, -0.15) is 0 Å². The van der Waals surface area contributed by atoms with Crippen LogP contribution in [0.15, 0.2) is 52.3 Å². The largest absolute Gasteiger partial charge is 0.497 e. The van der Waals surface area contributed by atoms with Crippen LogP contribution < -0.4 is 20.3 Å². The van der Waals surface area contributed by atoms with Crippen molar-refractivity contribution in [2.45, 2.75) is 31.1 Å². The van der Waals surface area contributed by atoms with Crippen LogP contribution in [-0.4, -0.2) is 45.6 Å². The number of thioether (sulfide) groups is 1. The fourth-order valence-corrected chi connectivity index (χ4v) is 4.38. The van der Waals surface area contributed by atoms with Crippen molar-refractivity contribution in [3.63, 3.8) is 0 Å². The SMILES string of the molecule is CCCC[NH+](C)CCCNC(=O)c1ccc2c(c1)NC(=O)C(=Cc1ccc(OC)cc1)S2. The molecule has 7 heteroatoms. The van der Waals surface area contributed by atoms with Crippen molar-refractivity contribution in [1.82, 2.24) is 5.32 Å². The quantitative estimate of drug-likeness (QED) is 0.381. The van der Waals surface area contributed by atoms with Gasteiger partial charge in [-0.15, -0.1) is 0 Å². The first-order valence-electron chi connectivity index (χ1n) is 11.1. The van der Waals surface area contributed by atoms with Crippen molar-refractivity contribution >= 4 is 35.3 Å². The third-order valence-electron chi connectivity index (χ3n) is 5.37. The van der Waals surface area contributed by atoms with Gasteiger partial charge < -0.3 is 20.3 Å². The van der Waals surface area contributed by atoms with Crippen LogP contribution in [0.4, 0.5) is 5.69 Å². The van der Waals surface area contributed by atoms with Crippen LogP contribution in [0.1, 0.15) is 42.1 Å². The zero-order valence-corrected chi connectivity index (χ0v) is 19.8. The maximum Gasteiger partial charge on any atom is 0.262 e. The van der Waals surface area contributed by atoms with Gasteiger partial charge in [0.05, 0.1) is 37.8 Å². The summed E-state index contributed by atoms with van der Waals surface area (Å²) in [5.41, 5.74) is 2.15. The summed E-state index contributed by atoms with van der Waals surface area (Å²) in [6.45, 7) is 5.06. The molecule has 1 aliphatic rings. The van der Waals surface area contributed by atoms with Gasteiger partial charge in [0.2, 0.25) is 0 Å². The third-order valence-corrected chi connectivity index (χ3v) is 6.47. The Kier molecular flexibility index (Phi) is 8.76. The lowest BCUT2D eigenvalue weighted by Gasteiger charge is -2.19. The summed E-state index contributed by atoms with van der Waals surface area (Å²) in [7, 11) is 3.82. The van der Waals surface area contributed by atoms with E-state index in [0.717, 1.165) is 29.2 Å². The second kappa shape index (κ2) is 11.7. The van der Waals surface area contributed by atoms with Gasteiger partial charge in [0.15, 0.2) is 0 Å². The van der Waals surface area contributed by atoms with Crippen LogP contribution in [-0.2, 0) is 4.79 Å². The molecule has 2 amide bonds. The number of hydrogen-bond donors (Lipinski definition) is 3. The minimum atomic E-state index is -0.172. The molecular formula is C25H32N3O3S+. The molecule has 1 atom stereocenters. The van der Waals surface area contributed by atoms with E-state index in [0.29, 0.717) is 22.7 Å². The van der Waals surface area contributed by atoms with Crippen molar-refractivity contribution < 1.29 is 19.2 Å². The van der Waals surface area contributed by atoms with Crippen LogP contribution in [0.5, 0.6) is 5.75 Å². The summed E-state index contributed by atoms with van der Waals surface area (Å²) in [4.78, 5) is 28.1. The summed E-state index contributed by atoms with van der Waals surface area (Å²) < 4.78 is 5.17. The van der Waals surface area contributed by atoms with Crippen molar-refractivity contribution in [3.8, 4) is 5.75 Å². The molecule has 0 saturated carbocycles. The maximum atomic E-state index is 12.6. The van der Waals surface area contributed by atoms with Gasteiger partial charge in [-0.1, -0.05) is 37.2 Å². The Bertz CT molecular complexity index is 973. The van der Waals surface area contributed by atoms with Gasteiger partial charge in [0, 0.05) is 23.4 Å². The summed E-state index contributed by atoms with van der Waals surface area (Å²) in [5.74, 6) is 0.487. The second-order valence-electron chi connectivity index (χ2n) is 7.97. The average Bonchev–Trinajstić information content (AvgIpc) is 2.81. The lowest BCUT2D eigenvalue weighted by Crippen LogP contribution is -3.09. The van der Waals surface area contributed by atoms with Gasteiger partial charge in [-0.25, -0.2) is 0 Å². The number of carbonyl (C=O) groups excluding carboxylic acids is 2. The van der Waals surface area contributed by atoms with E-state index in [4.69, 9.17) is 4.74 Å². The van der Waals surface area contributed by atoms with E-state index < -0.39 is 0 Å². The van der Waals surface area contributed by atoms with E-state index in [-0.39, 0.29) is 11.8 Å². The van der Waals surface area contributed by atoms with E-state index in [9.17, 15) is 9.59 Å². The molecule has 0 aromatic heterocycles. The lowest BCUT2D eigenvalue weighted by atomic mass is 10.1. The number of rotatable bonds is 10. The molecular weight excluding hydrogens is 422 g/mol. The zero-order valence-electron chi connectivity index (χ0n) is 19.0. The molecule has 3 rings (SSSR count). The molecule has 1 aliphatic heterocycles. The first-order chi connectivity index (χ1) is 15.5. The molecule has 6 nitrogen and oxygen atoms in total. The molecule has 2 aromatic rings. The number of anilines is 1. The van der Waals surface area contributed by atoms with Crippen molar-refractivity contribution in [2.24, 2.45) is 0 Å². The highest BCUT2D eigenvalue weighted by atomic mass is 32.2. The molecule has 0 fully saturated rings. The Balaban J connectivity index is 1.57. The van der Waals surface area contributed by atoms with Crippen LogP contribution in [0.2, 0.25) is 0 Å². The second-order valence-corrected chi connectivity index (χ2v) is 9.05. The maximum absolute atomic E-state index is 12.6. The molecule has 0 aliphatic carbocycles. The van der Waals surface area contributed by atoms with E-state index in [1.54, 1.807) is 13.2 Å². The number of hydrogen-bond acceptors (Lipinski definition) is 4. The molecule has 170 valence electrons. The van der Waals surface area contributed by atoms with E-state index in [1.165, 1.54) is 36.0 Å². The first-order valence-corrected chi connectivity index (χ1v) is 11.9. The van der Waals surface area contributed by atoms with Crippen molar-refractivity contribution in [2.75, 3.05) is 39.1 Å². The number of benzene rings is 2. The Labute approximate surface area is 194 Å². The lowest BCUT2D eigenvalue weighted by molar-refractivity contribution is -0.879. The monoisotopic (exact) mass is 454 g/mol. The van der Waals surface area contributed by atoms with E-state index >= 15 is 0 Å². The Morgan fingerprint density at radius 2 is 1.91 bits per heavy atom. The van der Waals surface area contributed by atoms with Gasteiger partial charge >= 0.3 is 0 Å². The Hall–Kier alpha value is -2.77. The van der Waals surface area contributed by atoms with Gasteiger partial charge in [0.1, 0.15) is 5.75 Å². The van der Waals surface area contributed by atoms with Crippen LogP contribution in [0, 0.1) is 0 Å². The highest BCUT2D eigenvalue weighted by Crippen LogP contribution is 2.39. The van der Waals surface area contributed by atoms with Crippen molar-refractivity contribution in [3.05, 3.63) is 58.5 Å². The molecule has 0 radical (unpaired) electrons. The molecule has 3 N–H and O–H groups in total. The molecule has 1 heterocycles. The van der Waals surface area contributed by atoms with Crippen LogP contribution >= 0.6 is 11.8 Å². The number of fused-ring (bicyclic) bond motifs is 1. The number of nitrogens with one attached hydrogen (secondary N) is 3. The fraction of sp³-hybridized carbons (Fsp3) is 0.360. The minimum absolute atomic E-state index is 0.113. The van der Waals surface area contributed by atoms with E-state index in [2.05, 4.69) is 24.6 Å². The number of quaternary nitrogens is 1. The normalized spacial score (nSPS) is 15.1. The molecule has 32 heavy (non-hydrogen) atoms. The van der Waals surface area contributed by atoms with Crippen LogP contribution in [0.25, 0.3) is 6.08 Å². The van der Waals surface area contributed by atoms with Crippen LogP contribution in [0.3, 0.4) is 0 Å². The summed E-state index contributed by atoms with van der Waals surface area (Å²) in [6.07, 6.45) is 5.23. The van der Waals surface area contributed by atoms with Gasteiger partial charge in [0.25, 0.3) is 11.8 Å².